The van der Waals surface area contributed by atoms with Crippen LogP contribution in [0.25, 0.3) is 0 Å². The van der Waals surface area contributed by atoms with Crippen molar-refractivity contribution < 1.29 is 23.8 Å². The van der Waals surface area contributed by atoms with Crippen LogP contribution < -0.4 is 15.4 Å². The SMILES string of the molecule is CCOC(=O)C1=C(C)NC(=S)N[C@@H]1c1ccc(OCc2ccc(C(=O)OC)cc2)cc1. The Hall–Kier alpha value is -3.39. The second-order valence-electron chi connectivity index (χ2n) is 6.84. The van der Waals surface area contributed by atoms with E-state index in [1.807, 2.05) is 36.4 Å². The Balaban J connectivity index is 1.70. The number of benzene rings is 2. The van der Waals surface area contributed by atoms with Crippen LogP contribution >= 0.6 is 12.2 Å². The maximum Gasteiger partial charge on any atom is 0.338 e. The maximum absolute atomic E-state index is 12.5. The van der Waals surface area contributed by atoms with Gasteiger partial charge in [0.15, 0.2) is 5.11 Å². The van der Waals surface area contributed by atoms with E-state index in [-0.39, 0.29) is 11.9 Å². The zero-order valence-corrected chi connectivity index (χ0v) is 18.4. The Bertz CT molecular complexity index is 1000. The third-order valence-corrected chi connectivity index (χ3v) is 4.98. The number of hydrogen-bond acceptors (Lipinski definition) is 6. The van der Waals surface area contributed by atoms with Crippen molar-refractivity contribution in [2.75, 3.05) is 13.7 Å². The fourth-order valence-corrected chi connectivity index (χ4v) is 3.47. The number of carbonyl (C=O) groups is 2. The minimum atomic E-state index is -0.410. The molecule has 0 saturated heterocycles. The van der Waals surface area contributed by atoms with Crippen LogP contribution in [0, 0.1) is 0 Å². The summed E-state index contributed by atoms with van der Waals surface area (Å²) in [5.74, 6) is -0.0838. The molecule has 3 rings (SSSR count). The third-order valence-electron chi connectivity index (χ3n) is 4.76. The average molecular weight is 441 g/mol. The van der Waals surface area contributed by atoms with Gasteiger partial charge in [0, 0.05) is 5.70 Å². The summed E-state index contributed by atoms with van der Waals surface area (Å²) in [6, 6.07) is 14.1. The quantitative estimate of drug-likeness (QED) is 0.501. The van der Waals surface area contributed by atoms with Gasteiger partial charge in [0.05, 0.1) is 30.9 Å². The standard InChI is InChI=1S/C23H24N2O5S/c1-4-29-22(27)19-14(2)24-23(31)25-20(19)16-9-11-18(12-10-16)30-13-15-5-7-17(8-6-15)21(26)28-3/h5-12,20H,4,13H2,1-3H3,(H2,24,25,31)/t20-/m1/s1. The number of nitrogens with one attached hydrogen (secondary N) is 2. The van der Waals surface area contributed by atoms with Crippen molar-refractivity contribution in [3.8, 4) is 5.75 Å². The van der Waals surface area contributed by atoms with E-state index in [9.17, 15) is 9.59 Å². The molecule has 7 nitrogen and oxygen atoms in total. The van der Waals surface area contributed by atoms with E-state index in [0.717, 1.165) is 11.1 Å². The number of rotatable bonds is 7. The Morgan fingerprint density at radius 1 is 1.03 bits per heavy atom. The van der Waals surface area contributed by atoms with Crippen molar-refractivity contribution in [2.45, 2.75) is 26.5 Å². The monoisotopic (exact) mass is 440 g/mol. The van der Waals surface area contributed by atoms with Crippen molar-refractivity contribution in [1.82, 2.24) is 10.6 Å². The van der Waals surface area contributed by atoms with E-state index >= 15 is 0 Å². The summed E-state index contributed by atoms with van der Waals surface area (Å²) >= 11 is 5.26. The van der Waals surface area contributed by atoms with Gasteiger partial charge in [-0.25, -0.2) is 9.59 Å². The van der Waals surface area contributed by atoms with Crippen molar-refractivity contribution in [3.63, 3.8) is 0 Å². The first-order valence-electron chi connectivity index (χ1n) is 9.78. The average Bonchev–Trinajstić information content (AvgIpc) is 2.77. The summed E-state index contributed by atoms with van der Waals surface area (Å²) in [7, 11) is 1.35. The molecule has 162 valence electrons. The molecule has 2 aromatic rings. The lowest BCUT2D eigenvalue weighted by molar-refractivity contribution is -0.139. The lowest BCUT2D eigenvalue weighted by atomic mass is 9.95. The van der Waals surface area contributed by atoms with Crippen molar-refractivity contribution >= 4 is 29.3 Å². The zero-order chi connectivity index (χ0) is 22.4. The molecule has 0 bridgehead atoms. The molecule has 0 fully saturated rings. The highest BCUT2D eigenvalue weighted by molar-refractivity contribution is 7.80. The van der Waals surface area contributed by atoms with Gasteiger partial charge in [-0.1, -0.05) is 24.3 Å². The van der Waals surface area contributed by atoms with E-state index in [2.05, 4.69) is 10.6 Å². The maximum atomic E-state index is 12.5. The lowest BCUT2D eigenvalue weighted by Gasteiger charge is -2.29. The third kappa shape index (κ3) is 5.40. The first-order chi connectivity index (χ1) is 14.9. The molecule has 31 heavy (non-hydrogen) atoms. The number of carbonyl (C=O) groups excluding carboxylic acids is 2. The normalized spacial score (nSPS) is 15.6. The Morgan fingerprint density at radius 2 is 1.71 bits per heavy atom. The van der Waals surface area contributed by atoms with Crippen LogP contribution in [-0.2, 0) is 20.9 Å². The predicted molar refractivity (Wildman–Crippen MR) is 119 cm³/mol. The molecular weight excluding hydrogens is 416 g/mol. The summed E-state index contributed by atoms with van der Waals surface area (Å²) < 4.78 is 15.7. The fraction of sp³-hybridized carbons (Fsp3) is 0.261. The van der Waals surface area contributed by atoms with Crippen molar-refractivity contribution in [1.29, 1.82) is 0 Å². The minimum Gasteiger partial charge on any atom is -0.489 e. The van der Waals surface area contributed by atoms with E-state index in [1.165, 1.54) is 7.11 Å². The number of methoxy groups -OCH3 is 1. The summed E-state index contributed by atoms with van der Waals surface area (Å²) in [6.07, 6.45) is 0. The molecule has 0 spiro atoms. The molecule has 0 aromatic heterocycles. The van der Waals surface area contributed by atoms with Crippen molar-refractivity contribution in [2.24, 2.45) is 0 Å². The number of allylic oxidation sites excluding steroid dienone is 1. The minimum absolute atomic E-state index is 0.292. The number of ether oxygens (including phenoxy) is 3. The van der Waals surface area contributed by atoms with Crippen LogP contribution in [0.3, 0.4) is 0 Å². The van der Waals surface area contributed by atoms with E-state index in [4.69, 9.17) is 26.4 Å². The predicted octanol–water partition coefficient (Wildman–Crippen LogP) is 3.41. The Kier molecular flexibility index (Phi) is 7.25. The second kappa shape index (κ2) is 10.1. The molecular formula is C23H24N2O5S. The topological polar surface area (TPSA) is 85.9 Å². The summed E-state index contributed by atoms with van der Waals surface area (Å²) in [4.78, 5) is 24.0. The molecule has 0 unspecified atom stereocenters. The van der Waals surface area contributed by atoms with Gasteiger partial charge in [0.1, 0.15) is 12.4 Å². The van der Waals surface area contributed by atoms with Gasteiger partial charge < -0.3 is 24.8 Å². The van der Waals surface area contributed by atoms with Gasteiger partial charge in [-0.15, -0.1) is 0 Å². The first kappa shape index (κ1) is 22.3. The van der Waals surface area contributed by atoms with Crippen LogP contribution in [0.5, 0.6) is 5.75 Å². The number of hydrogen-bond donors (Lipinski definition) is 2. The van der Waals surface area contributed by atoms with Crippen LogP contribution in [0.2, 0.25) is 0 Å². The highest BCUT2D eigenvalue weighted by Crippen LogP contribution is 2.29. The van der Waals surface area contributed by atoms with Gasteiger partial charge >= 0.3 is 11.9 Å². The second-order valence-corrected chi connectivity index (χ2v) is 7.25. The molecule has 0 amide bonds. The Morgan fingerprint density at radius 3 is 2.32 bits per heavy atom. The molecule has 8 heteroatoms. The number of thiocarbonyl (C=S) groups is 1. The van der Waals surface area contributed by atoms with E-state index in [1.54, 1.807) is 26.0 Å². The number of esters is 2. The lowest BCUT2D eigenvalue weighted by Crippen LogP contribution is -2.45. The van der Waals surface area contributed by atoms with Gasteiger partial charge in [-0.2, -0.15) is 0 Å². The molecule has 1 atom stereocenters. The van der Waals surface area contributed by atoms with E-state index < -0.39 is 6.04 Å². The zero-order valence-electron chi connectivity index (χ0n) is 17.6. The van der Waals surface area contributed by atoms with Crippen molar-refractivity contribution in [3.05, 3.63) is 76.5 Å². The van der Waals surface area contributed by atoms with Gasteiger partial charge in [-0.3, -0.25) is 0 Å². The van der Waals surface area contributed by atoms with E-state index in [0.29, 0.717) is 40.9 Å². The van der Waals surface area contributed by atoms with Crippen LogP contribution in [-0.4, -0.2) is 30.8 Å². The summed E-state index contributed by atoms with van der Waals surface area (Å²) in [5, 5.41) is 6.56. The fourth-order valence-electron chi connectivity index (χ4n) is 3.20. The Labute approximate surface area is 186 Å². The molecule has 0 radical (unpaired) electrons. The summed E-state index contributed by atoms with van der Waals surface area (Å²) in [5.41, 5.74) is 3.44. The molecule has 2 aromatic carbocycles. The van der Waals surface area contributed by atoms with Crippen LogP contribution in [0.1, 0.15) is 41.4 Å². The molecule has 1 heterocycles. The molecule has 1 aliphatic heterocycles. The summed E-state index contributed by atoms with van der Waals surface area (Å²) in [6.45, 7) is 4.21. The molecule has 0 aliphatic carbocycles. The molecule has 1 aliphatic rings. The van der Waals surface area contributed by atoms with Gasteiger partial charge in [-0.05, 0) is 61.5 Å². The molecule has 2 N–H and O–H groups in total. The van der Waals surface area contributed by atoms with Crippen LogP contribution in [0.4, 0.5) is 0 Å². The largest absolute Gasteiger partial charge is 0.489 e. The van der Waals surface area contributed by atoms with Crippen LogP contribution in [0.15, 0.2) is 59.8 Å². The molecule has 0 saturated carbocycles. The highest BCUT2D eigenvalue weighted by atomic mass is 32.1. The smallest absolute Gasteiger partial charge is 0.338 e. The van der Waals surface area contributed by atoms with Gasteiger partial charge in [0.25, 0.3) is 0 Å². The first-order valence-corrected chi connectivity index (χ1v) is 10.2. The highest BCUT2D eigenvalue weighted by Gasteiger charge is 2.30. The van der Waals surface area contributed by atoms with Gasteiger partial charge in [0.2, 0.25) is 0 Å².